The summed E-state index contributed by atoms with van der Waals surface area (Å²) in [7, 11) is 0. The lowest BCUT2D eigenvalue weighted by Gasteiger charge is -2.22. The average molecular weight is 232 g/mol. The largest absolute Gasteiger partial charge is 0.356 e. The Morgan fingerprint density at radius 1 is 1.18 bits per heavy atom. The van der Waals surface area contributed by atoms with Crippen LogP contribution in [-0.4, -0.2) is 28.0 Å². The van der Waals surface area contributed by atoms with E-state index in [2.05, 4.69) is 46.7 Å². The van der Waals surface area contributed by atoms with Gasteiger partial charge in [0, 0.05) is 18.8 Å². The summed E-state index contributed by atoms with van der Waals surface area (Å²) in [6.07, 6.45) is 3.91. The maximum Gasteiger partial charge on any atom is 0.143 e. The van der Waals surface area contributed by atoms with Crippen molar-refractivity contribution in [3.63, 3.8) is 0 Å². The Labute approximate surface area is 102 Å². The molecule has 0 saturated carbocycles. The second kappa shape index (κ2) is 5.17. The Hall–Kier alpha value is -1.58. The van der Waals surface area contributed by atoms with Crippen molar-refractivity contribution in [2.24, 2.45) is 0 Å². The van der Waals surface area contributed by atoms with Gasteiger partial charge in [-0.25, -0.2) is 9.97 Å². The molecule has 0 unspecified atom stereocenters. The molecule has 4 heteroatoms. The number of aromatic amines is 1. The number of rotatable bonds is 5. The van der Waals surface area contributed by atoms with Crippen LogP contribution in [0.2, 0.25) is 0 Å². The number of hydrogen-bond acceptors (Lipinski definition) is 3. The van der Waals surface area contributed by atoms with Crippen LogP contribution in [0.15, 0.2) is 12.4 Å². The number of nitrogens with one attached hydrogen (secondary N) is 1. The predicted octanol–water partition coefficient (Wildman–Crippen LogP) is 2.89. The van der Waals surface area contributed by atoms with Crippen LogP contribution < -0.4 is 4.90 Å². The van der Waals surface area contributed by atoms with Gasteiger partial charge in [-0.2, -0.15) is 0 Å². The van der Waals surface area contributed by atoms with E-state index >= 15 is 0 Å². The van der Waals surface area contributed by atoms with E-state index in [1.54, 1.807) is 6.33 Å². The summed E-state index contributed by atoms with van der Waals surface area (Å²) in [5.74, 6) is 1.06. The maximum absolute atomic E-state index is 4.45. The number of aryl methyl sites for hydroxylation is 1. The van der Waals surface area contributed by atoms with Crippen molar-refractivity contribution in [3.05, 3.63) is 18.1 Å². The summed E-state index contributed by atoms with van der Waals surface area (Å²) < 4.78 is 0. The molecule has 0 amide bonds. The molecule has 0 aliphatic rings. The first kappa shape index (κ1) is 11.9. The second-order valence-corrected chi connectivity index (χ2v) is 4.40. The number of H-pyrrole nitrogens is 1. The van der Waals surface area contributed by atoms with Gasteiger partial charge < -0.3 is 9.88 Å². The monoisotopic (exact) mass is 232 g/mol. The zero-order valence-corrected chi connectivity index (χ0v) is 10.8. The van der Waals surface area contributed by atoms with Gasteiger partial charge in [-0.05, 0) is 25.8 Å². The van der Waals surface area contributed by atoms with Crippen LogP contribution in [0.3, 0.4) is 0 Å². The molecule has 0 radical (unpaired) electrons. The minimum absolute atomic E-state index is 0.935. The van der Waals surface area contributed by atoms with Crippen molar-refractivity contribution >= 4 is 16.9 Å². The highest BCUT2D eigenvalue weighted by molar-refractivity contribution is 5.88. The molecule has 0 aliphatic heterocycles. The molecule has 1 N–H and O–H groups in total. The molecule has 2 heterocycles. The van der Waals surface area contributed by atoms with E-state index in [1.165, 1.54) is 0 Å². The van der Waals surface area contributed by atoms with Crippen LogP contribution in [0.4, 0.5) is 5.82 Å². The minimum atomic E-state index is 0.935. The van der Waals surface area contributed by atoms with E-state index in [1.807, 2.05) is 0 Å². The summed E-state index contributed by atoms with van der Waals surface area (Å²) >= 11 is 0. The molecule has 0 atom stereocenters. The molecule has 2 rings (SSSR count). The summed E-state index contributed by atoms with van der Waals surface area (Å²) in [6.45, 7) is 8.54. The Balaban J connectivity index is 2.44. The van der Waals surface area contributed by atoms with E-state index < -0.39 is 0 Å². The van der Waals surface area contributed by atoms with Gasteiger partial charge in [0.15, 0.2) is 0 Å². The minimum Gasteiger partial charge on any atom is -0.356 e. The number of anilines is 1. The van der Waals surface area contributed by atoms with Gasteiger partial charge in [0.2, 0.25) is 0 Å². The van der Waals surface area contributed by atoms with Crippen LogP contribution in [0.1, 0.15) is 32.4 Å². The van der Waals surface area contributed by atoms with E-state index in [-0.39, 0.29) is 0 Å². The number of aromatic nitrogens is 3. The number of fused-ring (bicyclic) bond motifs is 1. The average Bonchev–Trinajstić information content (AvgIpc) is 2.68. The van der Waals surface area contributed by atoms with Crippen molar-refractivity contribution in [1.82, 2.24) is 15.0 Å². The van der Waals surface area contributed by atoms with Gasteiger partial charge in [0.25, 0.3) is 0 Å². The van der Waals surface area contributed by atoms with Gasteiger partial charge in [-0.1, -0.05) is 13.8 Å². The molecule has 0 fully saturated rings. The second-order valence-electron chi connectivity index (χ2n) is 4.40. The van der Waals surface area contributed by atoms with Crippen molar-refractivity contribution < 1.29 is 0 Å². The molecule has 0 aliphatic carbocycles. The van der Waals surface area contributed by atoms with Crippen molar-refractivity contribution in [3.8, 4) is 0 Å². The van der Waals surface area contributed by atoms with Crippen LogP contribution >= 0.6 is 0 Å². The Bertz CT molecular complexity index is 483. The van der Waals surface area contributed by atoms with Crippen LogP contribution in [-0.2, 0) is 0 Å². The van der Waals surface area contributed by atoms with Crippen LogP contribution in [0, 0.1) is 6.92 Å². The molecule has 2 aromatic heterocycles. The number of hydrogen-bond donors (Lipinski definition) is 1. The molecular weight excluding hydrogens is 212 g/mol. The first-order valence-corrected chi connectivity index (χ1v) is 6.31. The fourth-order valence-corrected chi connectivity index (χ4v) is 2.17. The topological polar surface area (TPSA) is 44.8 Å². The molecule has 4 nitrogen and oxygen atoms in total. The SMILES string of the molecule is CCCN(CCC)c1ncnc2[nH]c(C)cc12. The lowest BCUT2D eigenvalue weighted by Crippen LogP contribution is -2.26. The third kappa shape index (κ3) is 2.40. The molecule has 0 spiro atoms. The van der Waals surface area contributed by atoms with Gasteiger partial charge in [-0.3, -0.25) is 0 Å². The van der Waals surface area contributed by atoms with Gasteiger partial charge in [0.05, 0.1) is 5.39 Å². The Morgan fingerprint density at radius 2 is 1.88 bits per heavy atom. The molecule has 17 heavy (non-hydrogen) atoms. The molecule has 0 aromatic carbocycles. The molecular formula is C13H20N4. The summed E-state index contributed by atoms with van der Waals surface area (Å²) in [5, 5.41) is 1.13. The van der Waals surface area contributed by atoms with Crippen LogP contribution in [0.5, 0.6) is 0 Å². The summed E-state index contributed by atoms with van der Waals surface area (Å²) in [4.78, 5) is 14.3. The highest BCUT2D eigenvalue weighted by Gasteiger charge is 2.12. The molecule has 0 saturated heterocycles. The normalized spacial score (nSPS) is 11.0. The van der Waals surface area contributed by atoms with E-state index in [0.717, 1.165) is 48.5 Å². The quantitative estimate of drug-likeness (QED) is 0.862. The zero-order chi connectivity index (χ0) is 12.3. The highest BCUT2D eigenvalue weighted by atomic mass is 15.2. The van der Waals surface area contributed by atoms with E-state index in [4.69, 9.17) is 0 Å². The maximum atomic E-state index is 4.45. The van der Waals surface area contributed by atoms with Crippen molar-refractivity contribution in [2.45, 2.75) is 33.6 Å². The first-order valence-electron chi connectivity index (χ1n) is 6.31. The van der Waals surface area contributed by atoms with E-state index in [0.29, 0.717) is 0 Å². The Morgan fingerprint density at radius 3 is 2.53 bits per heavy atom. The lowest BCUT2D eigenvalue weighted by molar-refractivity contribution is 0.736. The van der Waals surface area contributed by atoms with Crippen molar-refractivity contribution in [1.29, 1.82) is 0 Å². The van der Waals surface area contributed by atoms with Gasteiger partial charge >= 0.3 is 0 Å². The third-order valence-corrected chi connectivity index (χ3v) is 2.83. The smallest absolute Gasteiger partial charge is 0.143 e. The highest BCUT2D eigenvalue weighted by Crippen LogP contribution is 2.23. The Kier molecular flexibility index (Phi) is 3.61. The summed E-state index contributed by atoms with van der Waals surface area (Å²) in [5.41, 5.74) is 2.07. The predicted molar refractivity (Wildman–Crippen MR) is 71.4 cm³/mol. The number of nitrogens with zero attached hydrogens (tertiary/aromatic N) is 3. The molecule has 0 bridgehead atoms. The zero-order valence-electron chi connectivity index (χ0n) is 10.8. The van der Waals surface area contributed by atoms with Crippen molar-refractivity contribution in [2.75, 3.05) is 18.0 Å². The van der Waals surface area contributed by atoms with E-state index in [9.17, 15) is 0 Å². The molecule has 92 valence electrons. The van der Waals surface area contributed by atoms with Crippen LogP contribution in [0.25, 0.3) is 11.0 Å². The van der Waals surface area contributed by atoms with Gasteiger partial charge in [0.1, 0.15) is 17.8 Å². The lowest BCUT2D eigenvalue weighted by atomic mass is 10.3. The van der Waals surface area contributed by atoms with Gasteiger partial charge in [-0.15, -0.1) is 0 Å². The first-order chi connectivity index (χ1) is 8.26. The summed E-state index contributed by atoms with van der Waals surface area (Å²) in [6, 6.07) is 2.13. The fraction of sp³-hybridized carbons (Fsp3) is 0.538. The standard InChI is InChI=1S/C13H20N4/c1-4-6-17(7-5-2)13-11-8-10(3)16-12(11)14-9-15-13/h8-9H,4-7H2,1-3H3,(H,14,15,16). The molecule has 2 aromatic rings. The third-order valence-electron chi connectivity index (χ3n) is 2.83. The fourth-order valence-electron chi connectivity index (χ4n) is 2.17.